The summed E-state index contributed by atoms with van der Waals surface area (Å²) in [5.74, 6) is 0.748. The zero-order valence-electron chi connectivity index (χ0n) is 30.3. The molecule has 1 heterocycles. The lowest BCUT2D eigenvalue weighted by Gasteiger charge is -2.18. The molecule has 246 valence electrons. The summed E-state index contributed by atoms with van der Waals surface area (Å²) in [5.41, 5.74) is 13.8. The van der Waals surface area contributed by atoms with Gasteiger partial charge in [-0.15, -0.1) is 0 Å². The van der Waals surface area contributed by atoms with Crippen molar-refractivity contribution >= 4 is 30.2 Å². The normalized spacial score (nSPS) is 16.0. The standard InChI is InChI=1S/C43H52N2O2/c1-27(2)31-14-12-29(5)40-34(22-33(38(40)24-31)18-19-37-20-21-43(10,11)45(37)47)16-17-35-23-36(26-44(46)42(7,8)9)39-25-32(28(3)4)15-13-30(6)41(35)39/h12-19,22-28H,20-21H2,1-11H3/b17-16+,19-18+,44-26-. The second-order valence-corrected chi connectivity index (χ2v) is 15.7. The SMILES string of the molecule is Cc1ccc(C(C)C)cc2c(/C=[N+](\[O-])C(C)(C)C)cc(/C=C/c3cc(/C=C/C4=[N+]([O-])C(C)(C)CC4)c4cc(C(C)C)ccc(C)c3-4)c1-2. The highest BCUT2D eigenvalue weighted by atomic mass is 16.5. The van der Waals surface area contributed by atoms with E-state index in [-0.39, 0.29) is 5.54 Å². The lowest BCUT2D eigenvalue weighted by atomic mass is 9.98. The molecule has 0 bridgehead atoms. The van der Waals surface area contributed by atoms with Crippen molar-refractivity contribution in [3.05, 3.63) is 110 Å². The molecule has 0 spiro atoms. The van der Waals surface area contributed by atoms with Crippen LogP contribution in [0, 0.1) is 24.3 Å². The van der Waals surface area contributed by atoms with E-state index < -0.39 is 5.54 Å². The van der Waals surface area contributed by atoms with E-state index in [0.717, 1.165) is 56.7 Å². The maximum absolute atomic E-state index is 13.2. The number of hydrogen-bond donors (Lipinski definition) is 0. The Bertz CT molecular complexity index is 1870. The van der Waals surface area contributed by atoms with Crippen LogP contribution in [0.5, 0.6) is 0 Å². The molecular weight excluding hydrogens is 576 g/mol. The van der Waals surface area contributed by atoms with Crippen LogP contribution >= 0.6 is 0 Å². The van der Waals surface area contributed by atoms with E-state index >= 15 is 0 Å². The first-order valence-corrected chi connectivity index (χ1v) is 17.1. The van der Waals surface area contributed by atoms with Crippen molar-refractivity contribution in [3.8, 4) is 22.3 Å². The van der Waals surface area contributed by atoms with Crippen molar-refractivity contribution in [2.75, 3.05) is 0 Å². The Morgan fingerprint density at radius 3 is 1.64 bits per heavy atom. The Hall–Kier alpha value is -4.18. The molecular formula is C43H52N2O2. The number of fused-ring (bicyclic) bond motifs is 2. The molecule has 0 unspecified atom stereocenters. The fourth-order valence-electron chi connectivity index (χ4n) is 6.55. The molecule has 0 aromatic carbocycles. The van der Waals surface area contributed by atoms with E-state index in [1.165, 1.54) is 38.1 Å². The van der Waals surface area contributed by atoms with Crippen LogP contribution in [0.15, 0.2) is 54.6 Å². The first-order chi connectivity index (χ1) is 22.0. The summed E-state index contributed by atoms with van der Waals surface area (Å²) >= 11 is 0. The molecule has 1 aliphatic heterocycles. The summed E-state index contributed by atoms with van der Waals surface area (Å²) in [6, 6.07) is 17.9. The first kappa shape index (κ1) is 34.2. The van der Waals surface area contributed by atoms with Crippen LogP contribution in [-0.4, -0.2) is 32.5 Å². The minimum absolute atomic E-state index is 0.362. The van der Waals surface area contributed by atoms with E-state index in [4.69, 9.17) is 0 Å². The zero-order valence-corrected chi connectivity index (χ0v) is 30.3. The average Bonchev–Trinajstić information content (AvgIpc) is 3.48. The number of nitrogens with zero attached hydrogens (tertiary/aromatic N) is 2. The monoisotopic (exact) mass is 628 g/mol. The molecule has 0 saturated heterocycles. The highest BCUT2D eigenvalue weighted by Gasteiger charge is 2.35. The zero-order chi connectivity index (χ0) is 34.4. The van der Waals surface area contributed by atoms with Gasteiger partial charge in [-0.1, -0.05) is 76.2 Å². The molecule has 4 heteroatoms. The van der Waals surface area contributed by atoms with Crippen LogP contribution in [0.1, 0.15) is 131 Å². The van der Waals surface area contributed by atoms with Gasteiger partial charge >= 0.3 is 0 Å². The van der Waals surface area contributed by atoms with Gasteiger partial charge in [0.05, 0.1) is 0 Å². The van der Waals surface area contributed by atoms with Gasteiger partial charge in [0, 0.05) is 59.1 Å². The average molecular weight is 629 g/mol. The van der Waals surface area contributed by atoms with Crippen LogP contribution in [0.2, 0.25) is 0 Å². The van der Waals surface area contributed by atoms with Gasteiger partial charge in [-0.2, -0.15) is 0 Å². The van der Waals surface area contributed by atoms with Gasteiger partial charge in [-0.3, -0.25) is 0 Å². The van der Waals surface area contributed by atoms with Crippen LogP contribution in [0.4, 0.5) is 0 Å². The lowest BCUT2D eigenvalue weighted by Crippen LogP contribution is -2.29. The van der Waals surface area contributed by atoms with E-state index in [1.54, 1.807) is 6.21 Å². The van der Waals surface area contributed by atoms with E-state index in [0.29, 0.717) is 11.8 Å². The smallest absolute Gasteiger partial charge is 0.187 e. The van der Waals surface area contributed by atoms with Gasteiger partial charge in [-0.25, -0.2) is 9.48 Å². The highest BCUT2D eigenvalue weighted by Crippen LogP contribution is 2.41. The van der Waals surface area contributed by atoms with Crippen molar-refractivity contribution in [3.63, 3.8) is 0 Å². The van der Waals surface area contributed by atoms with Crippen LogP contribution in [0.25, 0.3) is 40.5 Å². The lowest BCUT2D eigenvalue weighted by molar-refractivity contribution is -0.530. The summed E-state index contributed by atoms with van der Waals surface area (Å²) in [6.07, 6.45) is 12.0. The Morgan fingerprint density at radius 2 is 1.19 bits per heavy atom. The third kappa shape index (κ3) is 6.93. The van der Waals surface area contributed by atoms with E-state index in [1.807, 2.05) is 40.7 Å². The Balaban J connectivity index is 1.69. The predicted octanol–water partition coefficient (Wildman–Crippen LogP) is 11.2. The molecule has 0 aromatic rings. The molecule has 0 aromatic heterocycles. The fourth-order valence-corrected chi connectivity index (χ4v) is 6.55. The van der Waals surface area contributed by atoms with Gasteiger partial charge in [0.15, 0.2) is 23.0 Å². The summed E-state index contributed by atoms with van der Waals surface area (Å²) in [6.45, 7) is 23.1. The molecule has 0 radical (unpaired) electrons. The largest absolute Gasteiger partial charge is 0.623 e. The van der Waals surface area contributed by atoms with Crippen LogP contribution in [-0.2, 0) is 0 Å². The number of hydrogen-bond acceptors (Lipinski definition) is 2. The van der Waals surface area contributed by atoms with Gasteiger partial charge in [0.25, 0.3) is 0 Å². The second-order valence-electron chi connectivity index (χ2n) is 15.7. The topological polar surface area (TPSA) is 52.1 Å². The third-order valence-electron chi connectivity index (χ3n) is 9.77. The number of aryl methyl sites for hydroxylation is 2. The minimum atomic E-state index is -0.540. The second kappa shape index (κ2) is 12.8. The highest BCUT2D eigenvalue weighted by molar-refractivity contribution is 6.00. The summed E-state index contributed by atoms with van der Waals surface area (Å²) in [4.78, 5) is 0. The molecule has 4 nitrogen and oxygen atoms in total. The molecule has 5 aliphatic rings. The Labute approximate surface area is 282 Å². The maximum Gasteiger partial charge on any atom is 0.187 e. The molecule has 5 rings (SSSR count). The van der Waals surface area contributed by atoms with E-state index in [2.05, 4.69) is 108 Å². The van der Waals surface area contributed by atoms with Crippen LogP contribution in [0.3, 0.4) is 0 Å². The Kier molecular flexibility index (Phi) is 9.29. The molecule has 0 saturated carbocycles. The number of hydroxylamine groups is 2. The van der Waals surface area contributed by atoms with Gasteiger partial charge in [0.1, 0.15) is 0 Å². The van der Waals surface area contributed by atoms with Crippen molar-refractivity contribution in [1.82, 2.24) is 0 Å². The maximum atomic E-state index is 13.2. The van der Waals surface area contributed by atoms with Gasteiger partial charge < -0.3 is 10.4 Å². The van der Waals surface area contributed by atoms with Crippen molar-refractivity contribution < 1.29 is 9.48 Å². The quantitative estimate of drug-likeness (QED) is 0.0885. The van der Waals surface area contributed by atoms with Gasteiger partial charge in [-0.05, 0) is 105 Å². The van der Waals surface area contributed by atoms with Crippen LogP contribution < -0.4 is 0 Å². The van der Waals surface area contributed by atoms with Crippen molar-refractivity contribution in [2.24, 2.45) is 0 Å². The molecule has 0 fully saturated rings. The third-order valence-corrected chi connectivity index (χ3v) is 9.77. The molecule has 47 heavy (non-hydrogen) atoms. The molecule has 0 atom stereocenters. The number of allylic oxidation sites excluding steroid dienone is 1. The summed E-state index contributed by atoms with van der Waals surface area (Å²) in [7, 11) is 0. The molecule has 0 amide bonds. The predicted molar refractivity (Wildman–Crippen MR) is 202 cm³/mol. The first-order valence-electron chi connectivity index (χ1n) is 17.1. The molecule has 4 aliphatic carbocycles. The Morgan fingerprint density at radius 1 is 0.723 bits per heavy atom. The summed E-state index contributed by atoms with van der Waals surface area (Å²) < 4.78 is 2.25. The summed E-state index contributed by atoms with van der Waals surface area (Å²) in [5, 5.41) is 26.1. The minimum Gasteiger partial charge on any atom is -0.623 e. The number of rotatable bonds is 7. The molecule has 0 N–H and O–H groups in total. The van der Waals surface area contributed by atoms with Crippen molar-refractivity contribution in [2.45, 2.75) is 112 Å². The fraction of sp³-hybridized carbons (Fsp3) is 0.395. The van der Waals surface area contributed by atoms with Crippen molar-refractivity contribution in [1.29, 1.82) is 0 Å². The van der Waals surface area contributed by atoms with E-state index in [9.17, 15) is 10.4 Å². The van der Waals surface area contributed by atoms with Gasteiger partial charge in [0.2, 0.25) is 0 Å².